The molecule has 2 heterocycles. The summed E-state index contributed by atoms with van der Waals surface area (Å²) in [5.74, 6) is 0.827. The highest BCUT2D eigenvalue weighted by Crippen LogP contribution is 2.25. The maximum atomic E-state index is 4.79. The zero-order chi connectivity index (χ0) is 15.6. The SMILES string of the molecule is CN[C@@H]1CCN(c2nccc(-c3ccc4ccccc4c3)n2)C1. The van der Waals surface area contributed by atoms with Gasteiger partial charge in [0.25, 0.3) is 0 Å². The first kappa shape index (κ1) is 14.2. The molecule has 4 nitrogen and oxygen atoms in total. The van der Waals surface area contributed by atoms with E-state index in [0.29, 0.717) is 6.04 Å². The maximum Gasteiger partial charge on any atom is 0.225 e. The van der Waals surface area contributed by atoms with E-state index in [-0.39, 0.29) is 0 Å². The first-order valence-corrected chi connectivity index (χ1v) is 8.08. The van der Waals surface area contributed by atoms with E-state index < -0.39 is 0 Å². The van der Waals surface area contributed by atoms with Crippen molar-refractivity contribution in [1.82, 2.24) is 15.3 Å². The molecule has 0 aliphatic carbocycles. The Morgan fingerprint density at radius 2 is 1.96 bits per heavy atom. The first-order chi connectivity index (χ1) is 11.3. The highest BCUT2D eigenvalue weighted by Gasteiger charge is 2.23. The molecule has 1 atom stereocenters. The number of aromatic nitrogens is 2. The van der Waals surface area contributed by atoms with Crippen LogP contribution in [0.15, 0.2) is 54.7 Å². The lowest BCUT2D eigenvalue weighted by Crippen LogP contribution is -2.30. The van der Waals surface area contributed by atoms with Gasteiger partial charge in [-0.1, -0.05) is 36.4 Å². The summed E-state index contributed by atoms with van der Waals surface area (Å²) in [7, 11) is 2.01. The molecule has 4 heteroatoms. The fraction of sp³-hybridized carbons (Fsp3) is 0.263. The van der Waals surface area contributed by atoms with Gasteiger partial charge in [-0.25, -0.2) is 9.97 Å². The Hall–Kier alpha value is -2.46. The molecule has 1 aromatic heterocycles. The molecule has 116 valence electrons. The number of rotatable bonds is 3. The lowest BCUT2D eigenvalue weighted by atomic mass is 10.1. The van der Waals surface area contributed by atoms with Gasteiger partial charge in [0, 0.05) is 30.9 Å². The maximum absolute atomic E-state index is 4.79. The summed E-state index contributed by atoms with van der Waals surface area (Å²) in [6, 6.07) is 17.4. The molecular formula is C19H20N4. The molecule has 2 aromatic carbocycles. The Balaban J connectivity index is 1.67. The summed E-state index contributed by atoms with van der Waals surface area (Å²) >= 11 is 0. The predicted octanol–water partition coefficient (Wildman–Crippen LogP) is 3.09. The largest absolute Gasteiger partial charge is 0.339 e. The summed E-state index contributed by atoms with van der Waals surface area (Å²) in [6.07, 6.45) is 3.00. The van der Waals surface area contributed by atoms with Crippen molar-refractivity contribution in [3.63, 3.8) is 0 Å². The van der Waals surface area contributed by atoms with Crippen molar-refractivity contribution in [2.75, 3.05) is 25.0 Å². The second-order valence-electron chi connectivity index (χ2n) is 6.02. The highest BCUT2D eigenvalue weighted by atomic mass is 15.3. The van der Waals surface area contributed by atoms with Crippen LogP contribution in [0.5, 0.6) is 0 Å². The van der Waals surface area contributed by atoms with Gasteiger partial charge in [-0.3, -0.25) is 0 Å². The van der Waals surface area contributed by atoms with Crippen molar-refractivity contribution < 1.29 is 0 Å². The second kappa shape index (κ2) is 5.97. The van der Waals surface area contributed by atoms with Crippen molar-refractivity contribution >= 4 is 16.7 Å². The Bertz CT molecular complexity index is 830. The normalized spacial score (nSPS) is 17.8. The molecule has 1 saturated heterocycles. The summed E-state index contributed by atoms with van der Waals surface area (Å²) in [4.78, 5) is 11.5. The smallest absolute Gasteiger partial charge is 0.225 e. The molecule has 3 aromatic rings. The van der Waals surface area contributed by atoms with Gasteiger partial charge in [-0.05, 0) is 36.4 Å². The Labute approximate surface area is 136 Å². The minimum absolute atomic E-state index is 0.530. The number of anilines is 1. The van der Waals surface area contributed by atoms with E-state index in [1.807, 2.05) is 19.3 Å². The lowest BCUT2D eigenvalue weighted by molar-refractivity contribution is 0.616. The third-order valence-corrected chi connectivity index (χ3v) is 4.57. The standard InChI is InChI=1S/C19H20N4/c1-20-17-9-11-23(13-17)19-21-10-8-18(22-19)16-7-6-14-4-2-3-5-15(14)12-16/h2-8,10,12,17,20H,9,11,13H2,1H3/t17-/m1/s1. The van der Waals surface area contributed by atoms with Crippen LogP contribution >= 0.6 is 0 Å². The van der Waals surface area contributed by atoms with E-state index in [9.17, 15) is 0 Å². The van der Waals surface area contributed by atoms with Crippen LogP contribution in [0.3, 0.4) is 0 Å². The lowest BCUT2D eigenvalue weighted by Gasteiger charge is -2.16. The number of fused-ring (bicyclic) bond motifs is 1. The summed E-state index contributed by atoms with van der Waals surface area (Å²) in [6.45, 7) is 1.98. The molecule has 0 amide bonds. The van der Waals surface area contributed by atoms with Crippen molar-refractivity contribution in [1.29, 1.82) is 0 Å². The fourth-order valence-electron chi connectivity index (χ4n) is 3.19. The van der Waals surface area contributed by atoms with E-state index in [4.69, 9.17) is 4.98 Å². The van der Waals surface area contributed by atoms with E-state index in [2.05, 4.69) is 57.7 Å². The van der Waals surface area contributed by atoms with Crippen LogP contribution in [0.4, 0.5) is 5.95 Å². The van der Waals surface area contributed by atoms with Crippen LogP contribution in [0.2, 0.25) is 0 Å². The zero-order valence-corrected chi connectivity index (χ0v) is 13.2. The number of hydrogen-bond donors (Lipinski definition) is 1. The van der Waals surface area contributed by atoms with Gasteiger partial charge in [0.1, 0.15) is 0 Å². The topological polar surface area (TPSA) is 41.0 Å². The number of nitrogens with zero attached hydrogens (tertiary/aromatic N) is 3. The molecule has 1 aliphatic heterocycles. The van der Waals surface area contributed by atoms with Crippen LogP contribution in [0, 0.1) is 0 Å². The van der Waals surface area contributed by atoms with Crippen molar-refractivity contribution in [2.24, 2.45) is 0 Å². The van der Waals surface area contributed by atoms with Crippen molar-refractivity contribution in [2.45, 2.75) is 12.5 Å². The minimum Gasteiger partial charge on any atom is -0.339 e. The highest BCUT2D eigenvalue weighted by molar-refractivity contribution is 5.86. The molecular weight excluding hydrogens is 284 g/mol. The quantitative estimate of drug-likeness (QED) is 0.807. The van der Waals surface area contributed by atoms with Crippen LogP contribution in [-0.2, 0) is 0 Å². The molecule has 0 radical (unpaired) electrons. The molecule has 0 bridgehead atoms. The van der Waals surface area contributed by atoms with Crippen molar-refractivity contribution in [3.05, 3.63) is 54.7 Å². The van der Waals surface area contributed by atoms with Gasteiger partial charge < -0.3 is 10.2 Å². The van der Waals surface area contributed by atoms with Crippen molar-refractivity contribution in [3.8, 4) is 11.3 Å². The summed E-state index contributed by atoms with van der Waals surface area (Å²) < 4.78 is 0. The molecule has 0 unspecified atom stereocenters. The van der Waals surface area contributed by atoms with Crippen LogP contribution < -0.4 is 10.2 Å². The van der Waals surface area contributed by atoms with Gasteiger partial charge in [0.15, 0.2) is 0 Å². The van der Waals surface area contributed by atoms with E-state index in [1.165, 1.54) is 10.8 Å². The zero-order valence-electron chi connectivity index (χ0n) is 13.2. The van der Waals surface area contributed by atoms with Crippen LogP contribution in [-0.4, -0.2) is 36.1 Å². The number of nitrogens with one attached hydrogen (secondary N) is 1. The number of likely N-dealkylation sites (N-methyl/N-ethyl adjacent to an activating group) is 1. The average Bonchev–Trinajstić information content (AvgIpc) is 3.11. The van der Waals surface area contributed by atoms with Crippen LogP contribution in [0.25, 0.3) is 22.0 Å². The van der Waals surface area contributed by atoms with Gasteiger partial charge in [0.05, 0.1) is 5.69 Å². The molecule has 1 fully saturated rings. The molecule has 1 aliphatic rings. The van der Waals surface area contributed by atoms with Gasteiger partial charge in [0.2, 0.25) is 5.95 Å². The summed E-state index contributed by atoms with van der Waals surface area (Å²) in [5.41, 5.74) is 2.12. The van der Waals surface area contributed by atoms with E-state index in [1.54, 1.807) is 0 Å². The van der Waals surface area contributed by atoms with Gasteiger partial charge >= 0.3 is 0 Å². The molecule has 0 spiro atoms. The first-order valence-electron chi connectivity index (χ1n) is 8.08. The average molecular weight is 304 g/mol. The molecule has 23 heavy (non-hydrogen) atoms. The molecule has 4 rings (SSSR count). The van der Waals surface area contributed by atoms with Gasteiger partial charge in [-0.15, -0.1) is 0 Å². The van der Waals surface area contributed by atoms with E-state index in [0.717, 1.165) is 36.7 Å². The fourth-order valence-corrected chi connectivity index (χ4v) is 3.19. The third-order valence-electron chi connectivity index (χ3n) is 4.57. The third kappa shape index (κ3) is 2.78. The Morgan fingerprint density at radius 3 is 2.78 bits per heavy atom. The Morgan fingerprint density at radius 1 is 1.09 bits per heavy atom. The second-order valence-corrected chi connectivity index (χ2v) is 6.02. The monoisotopic (exact) mass is 304 g/mol. The molecule has 0 saturated carbocycles. The Kier molecular flexibility index (Phi) is 3.67. The number of benzene rings is 2. The minimum atomic E-state index is 0.530. The van der Waals surface area contributed by atoms with Gasteiger partial charge in [-0.2, -0.15) is 0 Å². The predicted molar refractivity (Wildman–Crippen MR) is 94.7 cm³/mol. The molecule has 1 N–H and O–H groups in total. The van der Waals surface area contributed by atoms with E-state index >= 15 is 0 Å². The summed E-state index contributed by atoms with van der Waals surface area (Å²) in [5, 5.41) is 5.82. The van der Waals surface area contributed by atoms with Crippen LogP contribution in [0.1, 0.15) is 6.42 Å². The number of hydrogen-bond acceptors (Lipinski definition) is 4.